The second-order valence-electron chi connectivity index (χ2n) is 5.48. The summed E-state index contributed by atoms with van der Waals surface area (Å²) in [4.78, 5) is 36.6. The molecule has 0 aliphatic rings. The van der Waals surface area contributed by atoms with Gasteiger partial charge >= 0.3 is 6.09 Å². The highest BCUT2D eigenvalue weighted by molar-refractivity contribution is 5.93. The van der Waals surface area contributed by atoms with Crippen LogP contribution >= 0.6 is 0 Å². The number of nitrogens with zero attached hydrogens (tertiary/aromatic N) is 2. The van der Waals surface area contributed by atoms with Crippen LogP contribution in [0.4, 0.5) is 4.79 Å². The zero-order valence-electron chi connectivity index (χ0n) is 12.6. The summed E-state index contributed by atoms with van der Waals surface area (Å²) in [6.45, 7) is 7.13. The molecule has 0 aliphatic heterocycles. The van der Waals surface area contributed by atoms with E-state index in [0.717, 1.165) is 4.90 Å². The summed E-state index contributed by atoms with van der Waals surface area (Å²) in [7, 11) is 3.06. The van der Waals surface area contributed by atoms with Gasteiger partial charge in [-0.05, 0) is 27.2 Å². The number of ether oxygens (including phenoxy) is 1. The van der Waals surface area contributed by atoms with E-state index in [4.69, 9.17) is 4.74 Å². The Morgan fingerprint density at radius 2 is 1.63 bits per heavy atom. The van der Waals surface area contributed by atoms with Gasteiger partial charge in [-0.1, -0.05) is 0 Å². The van der Waals surface area contributed by atoms with Gasteiger partial charge in [0.25, 0.3) is 0 Å². The molecule has 0 heterocycles. The number of amides is 3. The molecular formula is C13H24N2O4. The van der Waals surface area contributed by atoms with Gasteiger partial charge in [-0.3, -0.25) is 14.5 Å². The van der Waals surface area contributed by atoms with Gasteiger partial charge in [0.1, 0.15) is 5.60 Å². The molecule has 6 nitrogen and oxygen atoms in total. The van der Waals surface area contributed by atoms with Crippen molar-refractivity contribution in [3.8, 4) is 0 Å². The number of rotatable bonds is 4. The van der Waals surface area contributed by atoms with E-state index in [1.807, 2.05) is 0 Å². The molecule has 6 heteroatoms. The summed E-state index contributed by atoms with van der Waals surface area (Å²) in [6.07, 6.45) is 0.301. The Kier molecular flexibility index (Phi) is 6.52. The van der Waals surface area contributed by atoms with E-state index in [-0.39, 0.29) is 18.2 Å². The van der Waals surface area contributed by atoms with Crippen molar-refractivity contribution >= 4 is 17.9 Å². The maximum atomic E-state index is 11.6. The third-order valence-electron chi connectivity index (χ3n) is 2.44. The van der Waals surface area contributed by atoms with Gasteiger partial charge < -0.3 is 9.64 Å². The fraction of sp³-hybridized carbons (Fsp3) is 0.769. The third kappa shape index (κ3) is 7.43. The quantitative estimate of drug-likeness (QED) is 0.780. The summed E-state index contributed by atoms with van der Waals surface area (Å²) in [5, 5.41) is 0. The summed E-state index contributed by atoms with van der Waals surface area (Å²) < 4.78 is 5.18. The zero-order chi connectivity index (χ0) is 15.2. The van der Waals surface area contributed by atoms with E-state index in [9.17, 15) is 14.4 Å². The van der Waals surface area contributed by atoms with E-state index in [2.05, 4.69) is 0 Å². The van der Waals surface area contributed by atoms with Crippen LogP contribution in [-0.4, -0.2) is 53.9 Å². The van der Waals surface area contributed by atoms with Gasteiger partial charge in [0, 0.05) is 34.0 Å². The van der Waals surface area contributed by atoms with Crippen LogP contribution in [0.25, 0.3) is 0 Å². The second kappa shape index (κ2) is 7.11. The molecule has 0 spiro atoms. The molecule has 110 valence electrons. The van der Waals surface area contributed by atoms with Gasteiger partial charge in [0.05, 0.1) is 0 Å². The summed E-state index contributed by atoms with van der Waals surface area (Å²) in [5.41, 5.74) is -0.532. The molecule has 0 aromatic rings. The van der Waals surface area contributed by atoms with Crippen molar-refractivity contribution in [2.75, 3.05) is 20.6 Å². The molecule has 0 fully saturated rings. The maximum Gasteiger partial charge on any atom is 0.410 e. The topological polar surface area (TPSA) is 66.9 Å². The van der Waals surface area contributed by atoms with Crippen LogP contribution in [0.1, 0.15) is 40.5 Å². The molecule has 0 saturated heterocycles. The van der Waals surface area contributed by atoms with Crippen molar-refractivity contribution in [2.24, 2.45) is 0 Å². The molecule has 0 radical (unpaired) electrons. The van der Waals surface area contributed by atoms with Crippen molar-refractivity contribution < 1.29 is 19.1 Å². The average Bonchev–Trinajstić information content (AvgIpc) is 2.24. The number of imide groups is 1. The Labute approximate surface area is 114 Å². The third-order valence-corrected chi connectivity index (χ3v) is 2.44. The Morgan fingerprint density at radius 3 is 2.05 bits per heavy atom. The highest BCUT2D eigenvalue weighted by Gasteiger charge is 2.19. The summed E-state index contributed by atoms with van der Waals surface area (Å²) >= 11 is 0. The van der Waals surface area contributed by atoms with Crippen LogP contribution in [-0.2, 0) is 14.3 Å². The Hall–Kier alpha value is -1.59. The maximum absolute atomic E-state index is 11.6. The average molecular weight is 272 g/mol. The number of hydrogen-bond acceptors (Lipinski definition) is 4. The van der Waals surface area contributed by atoms with Crippen molar-refractivity contribution in [3.63, 3.8) is 0 Å². The molecule has 0 aromatic carbocycles. The summed E-state index contributed by atoms with van der Waals surface area (Å²) in [5.74, 6) is -0.532. The first-order valence-electron chi connectivity index (χ1n) is 6.26. The molecule has 0 rings (SSSR count). The SMILES string of the molecule is CC(=O)N(C)C(=O)CCCN(C)C(=O)OC(C)(C)C. The zero-order valence-corrected chi connectivity index (χ0v) is 12.6. The number of carbonyl (C=O) groups excluding carboxylic acids is 3. The van der Waals surface area contributed by atoms with Crippen molar-refractivity contribution in [1.82, 2.24) is 9.80 Å². The standard InChI is InChI=1S/C13H24N2O4/c1-10(16)15(6)11(17)8-7-9-14(5)12(18)19-13(2,3)4/h7-9H2,1-6H3. The van der Waals surface area contributed by atoms with Gasteiger partial charge in [-0.15, -0.1) is 0 Å². The van der Waals surface area contributed by atoms with E-state index in [0.29, 0.717) is 13.0 Å². The first-order chi connectivity index (χ1) is 8.54. The van der Waals surface area contributed by atoms with Crippen LogP contribution in [0.2, 0.25) is 0 Å². The minimum Gasteiger partial charge on any atom is -0.444 e. The molecule has 0 bridgehead atoms. The lowest BCUT2D eigenvalue weighted by molar-refractivity contribution is -0.141. The molecule has 19 heavy (non-hydrogen) atoms. The molecule has 0 N–H and O–H groups in total. The van der Waals surface area contributed by atoms with Crippen LogP contribution in [0, 0.1) is 0 Å². The monoisotopic (exact) mass is 272 g/mol. The minimum atomic E-state index is -0.532. The molecule has 3 amide bonds. The van der Waals surface area contributed by atoms with Crippen molar-refractivity contribution in [2.45, 2.75) is 46.1 Å². The Bertz CT molecular complexity index is 347. The lowest BCUT2D eigenvalue weighted by atomic mass is 10.2. The first-order valence-corrected chi connectivity index (χ1v) is 6.26. The smallest absolute Gasteiger partial charge is 0.410 e. The largest absolute Gasteiger partial charge is 0.444 e. The van der Waals surface area contributed by atoms with E-state index < -0.39 is 11.7 Å². The predicted octanol–water partition coefficient (Wildman–Crippen LogP) is 1.64. The van der Waals surface area contributed by atoms with Gasteiger partial charge in [-0.2, -0.15) is 0 Å². The van der Waals surface area contributed by atoms with Crippen LogP contribution < -0.4 is 0 Å². The summed E-state index contributed by atoms with van der Waals surface area (Å²) in [6, 6.07) is 0. The van der Waals surface area contributed by atoms with Crippen LogP contribution in [0.5, 0.6) is 0 Å². The molecule has 0 atom stereocenters. The molecular weight excluding hydrogens is 248 g/mol. The molecule has 0 aliphatic carbocycles. The minimum absolute atomic E-state index is 0.225. The highest BCUT2D eigenvalue weighted by atomic mass is 16.6. The first kappa shape index (κ1) is 17.4. The Balaban J connectivity index is 4.05. The van der Waals surface area contributed by atoms with E-state index in [1.54, 1.807) is 27.8 Å². The molecule has 0 unspecified atom stereocenters. The molecule has 0 aromatic heterocycles. The fourth-order valence-electron chi connectivity index (χ4n) is 1.24. The highest BCUT2D eigenvalue weighted by Crippen LogP contribution is 2.09. The lowest BCUT2D eigenvalue weighted by Crippen LogP contribution is -2.35. The van der Waals surface area contributed by atoms with E-state index in [1.165, 1.54) is 18.9 Å². The van der Waals surface area contributed by atoms with Gasteiger partial charge in [-0.25, -0.2) is 4.79 Å². The normalized spacial score (nSPS) is 10.8. The van der Waals surface area contributed by atoms with Crippen LogP contribution in [0.3, 0.4) is 0 Å². The number of hydrogen-bond donors (Lipinski definition) is 0. The van der Waals surface area contributed by atoms with Gasteiger partial charge in [0.2, 0.25) is 11.8 Å². The van der Waals surface area contributed by atoms with Crippen molar-refractivity contribution in [3.05, 3.63) is 0 Å². The second-order valence-corrected chi connectivity index (χ2v) is 5.48. The van der Waals surface area contributed by atoms with Crippen LogP contribution in [0.15, 0.2) is 0 Å². The van der Waals surface area contributed by atoms with Crippen molar-refractivity contribution in [1.29, 1.82) is 0 Å². The van der Waals surface area contributed by atoms with Gasteiger partial charge in [0.15, 0.2) is 0 Å². The number of carbonyl (C=O) groups is 3. The molecule has 0 saturated carbocycles. The fourth-order valence-corrected chi connectivity index (χ4v) is 1.24. The van der Waals surface area contributed by atoms with E-state index >= 15 is 0 Å². The predicted molar refractivity (Wildman–Crippen MR) is 71.5 cm³/mol. The Morgan fingerprint density at radius 1 is 1.11 bits per heavy atom. The lowest BCUT2D eigenvalue weighted by Gasteiger charge is -2.24.